The lowest BCUT2D eigenvalue weighted by molar-refractivity contribution is -0.929. The molecular weight excluding hydrogens is 282 g/mol. The molecule has 0 saturated carbocycles. The van der Waals surface area contributed by atoms with E-state index in [4.69, 9.17) is 5.26 Å². The molecule has 0 aliphatic carbocycles. The Balaban J connectivity index is 1.81. The first-order chi connectivity index (χ1) is 11.4. The predicted octanol–water partition coefficient (Wildman–Crippen LogP) is 2.01. The van der Waals surface area contributed by atoms with E-state index >= 15 is 0 Å². The Labute approximate surface area is 138 Å². The highest BCUT2D eigenvalue weighted by molar-refractivity contribution is 5.29. The largest absolute Gasteiger partial charge is 0.365 e. The summed E-state index contributed by atoms with van der Waals surface area (Å²) in [6.45, 7) is 4.13. The van der Waals surface area contributed by atoms with E-state index in [1.165, 1.54) is 11.1 Å². The van der Waals surface area contributed by atoms with Crippen molar-refractivity contribution in [2.75, 3.05) is 26.2 Å². The maximum absolute atomic E-state index is 8.67. The number of nitrogens with zero attached hydrogens (tertiary/aromatic N) is 2. The molecule has 2 aromatic rings. The zero-order valence-electron chi connectivity index (χ0n) is 13.2. The molecule has 0 unspecified atom stereocenters. The number of hydrogen-bond acceptors (Lipinski definition) is 2. The van der Waals surface area contributed by atoms with Gasteiger partial charge >= 0.3 is 0 Å². The van der Waals surface area contributed by atoms with E-state index in [9.17, 15) is 0 Å². The SMILES string of the molecule is N#C/C=C/N1CC[NH+](C(c2ccccc2)c2ccccc2)CC1. The van der Waals surface area contributed by atoms with E-state index in [2.05, 4.69) is 71.6 Å². The number of benzene rings is 2. The molecule has 1 fully saturated rings. The van der Waals surface area contributed by atoms with Crippen molar-refractivity contribution in [1.29, 1.82) is 5.26 Å². The first-order valence-corrected chi connectivity index (χ1v) is 8.13. The highest BCUT2D eigenvalue weighted by Crippen LogP contribution is 2.19. The molecule has 0 atom stereocenters. The molecule has 0 amide bonds. The van der Waals surface area contributed by atoms with Crippen molar-refractivity contribution in [1.82, 2.24) is 4.90 Å². The Morgan fingerprint density at radius 1 is 0.913 bits per heavy atom. The molecular formula is C20H22N3+. The van der Waals surface area contributed by atoms with Crippen LogP contribution in [-0.4, -0.2) is 31.1 Å². The molecule has 3 rings (SSSR count). The third kappa shape index (κ3) is 3.80. The number of allylic oxidation sites excluding steroid dienone is 1. The molecule has 0 radical (unpaired) electrons. The van der Waals surface area contributed by atoms with Crippen LogP contribution in [0, 0.1) is 11.3 Å². The lowest BCUT2D eigenvalue weighted by Gasteiger charge is -2.36. The molecule has 116 valence electrons. The van der Waals surface area contributed by atoms with Gasteiger partial charge in [-0.3, -0.25) is 0 Å². The second-order valence-electron chi connectivity index (χ2n) is 5.89. The van der Waals surface area contributed by atoms with E-state index in [0.717, 1.165) is 26.2 Å². The Morgan fingerprint density at radius 3 is 1.91 bits per heavy atom. The Morgan fingerprint density at radius 2 is 1.43 bits per heavy atom. The number of hydrogen-bond donors (Lipinski definition) is 1. The van der Waals surface area contributed by atoms with Crippen LogP contribution in [0.5, 0.6) is 0 Å². The van der Waals surface area contributed by atoms with Gasteiger partial charge in [0.05, 0.1) is 32.2 Å². The van der Waals surface area contributed by atoms with Crippen LogP contribution in [0.2, 0.25) is 0 Å². The highest BCUT2D eigenvalue weighted by atomic mass is 15.3. The lowest BCUT2D eigenvalue weighted by atomic mass is 9.96. The molecule has 2 aromatic carbocycles. The topological polar surface area (TPSA) is 31.5 Å². The van der Waals surface area contributed by atoms with Crippen LogP contribution in [0.25, 0.3) is 0 Å². The zero-order chi connectivity index (χ0) is 15.9. The monoisotopic (exact) mass is 304 g/mol. The molecule has 0 bridgehead atoms. The van der Waals surface area contributed by atoms with Gasteiger partial charge in [-0.25, -0.2) is 0 Å². The third-order valence-electron chi connectivity index (χ3n) is 4.47. The van der Waals surface area contributed by atoms with E-state index in [0.29, 0.717) is 6.04 Å². The predicted molar refractivity (Wildman–Crippen MR) is 91.7 cm³/mol. The Kier molecular flexibility index (Phi) is 5.08. The second-order valence-corrected chi connectivity index (χ2v) is 5.89. The van der Waals surface area contributed by atoms with Crippen molar-refractivity contribution in [3.63, 3.8) is 0 Å². The second kappa shape index (κ2) is 7.62. The van der Waals surface area contributed by atoms with Gasteiger partial charge in [0, 0.05) is 23.4 Å². The zero-order valence-corrected chi connectivity index (χ0v) is 13.2. The van der Waals surface area contributed by atoms with Gasteiger partial charge in [-0.2, -0.15) is 5.26 Å². The summed E-state index contributed by atoms with van der Waals surface area (Å²) in [7, 11) is 0. The minimum atomic E-state index is 0.375. The van der Waals surface area contributed by atoms with Gasteiger partial charge in [0.1, 0.15) is 6.04 Å². The number of nitriles is 1. The summed E-state index contributed by atoms with van der Waals surface area (Å²) in [5, 5.41) is 8.67. The molecule has 1 heterocycles. The molecule has 1 saturated heterocycles. The molecule has 3 heteroatoms. The van der Waals surface area contributed by atoms with Crippen LogP contribution in [0.4, 0.5) is 0 Å². The number of quaternary nitrogens is 1. The lowest BCUT2D eigenvalue weighted by Crippen LogP contribution is -3.15. The summed E-state index contributed by atoms with van der Waals surface area (Å²) < 4.78 is 0. The normalized spacial score (nSPS) is 15.9. The van der Waals surface area contributed by atoms with E-state index in [1.807, 2.05) is 6.20 Å². The molecule has 1 N–H and O–H groups in total. The summed E-state index contributed by atoms with van der Waals surface area (Å²) >= 11 is 0. The summed E-state index contributed by atoms with van der Waals surface area (Å²) in [5.74, 6) is 0. The summed E-state index contributed by atoms with van der Waals surface area (Å²) in [6, 6.07) is 24.0. The van der Waals surface area contributed by atoms with Crippen molar-refractivity contribution < 1.29 is 4.90 Å². The highest BCUT2D eigenvalue weighted by Gasteiger charge is 2.28. The molecule has 23 heavy (non-hydrogen) atoms. The van der Waals surface area contributed by atoms with Crippen LogP contribution >= 0.6 is 0 Å². The molecule has 0 spiro atoms. The summed E-state index contributed by atoms with van der Waals surface area (Å²) in [4.78, 5) is 3.82. The van der Waals surface area contributed by atoms with Gasteiger partial charge in [-0.1, -0.05) is 60.7 Å². The first-order valence-electron chi connectivity index (χ1n) is 8.13. The van der Waals surface area contributed by atoms with Crippen LogP contribution < -0.4 is 4.90 Å². The molecule has 3 nitrogen and oxygen atoms in total. The maximum Gasteiger partial charge on any atom is 0.139 e. The maximum atomic E-state index is 8.67. The minimum Gasteiger partial charge on any atom is -0.365 e. The molecule has 0 aromatic heterocycles. The fraction of sp³-hybridized carbons (Fsp3) is 0.250. The average molecular weight is 304 g/mol. The van der Waals surface area contributed by atoms with Crippen molar-refractivity contribution >= 4 is 0 Å². The van der Waals surface area contributed by atoms with Crippen LogP contribution in [-0.2, 0) is 0 Å². The van der Waals surface area contributed by atoms with E-state index < -0.39 is 0 Å². The van der Waals surface area contributed by atoms with Gasteiger partial charge in [0.25, 0.3) is 0 Å². The van der Waals surface area contributed by atoms with Crippen molar-refractivity contribution in [3.8, 4) is 6.07 Å². The fourth-order valence-electron chi connectivity index (χ4n) is 3.34. The Bertz CT molecular complexity index is 626. The quantitative estimate of drug-likeness (QED) is 0.876. The van der Waals surface area contributed by atoms with Gasteiger partial charge in [0.15, 0.2) is 0 Å². The standard InChI is InChI=1S/C20H21N3/c21-12-7-13-22-14-16-23(17-15-22)20(18-8-3-1-4-9-18)19-10-5-2-6-11-19/h1-11,13,20H,14-17H2/p+1/b13-7+. The summed E-state index contributed by atoms with van der Waals surface area (Å²) in [5.41, 5.74) is 2.74. The fourth-order valence-corrected chi connectivity index (χ4v) is 3.34. The van der Waals surface area contributed by atoms with Gasteiger partial charge in [-0.15, -0.1) is 0 Å². The third-order valence-corrected chi connectivity index (χ3v) is 4.47. The van der Waals surface area contributed by atoms with E-state index in [1.54, 1.807) is 11.0 Å². The average Bonchev–Trinajstić information content (AvgIpc) is 2.63. The number of piperazine rings is 1. The number of nitrogens with one attached hydrogen (secondary N) is 1. The van der Waals surface area contributed by atoms with Crippen molar-refractivity contribution in [3.05, 3.63) is 84.1 Å². The van der Waals surface area contributed by atoms with Crippen LogP contribution in [0.3, 0.4) is 0 Å². The summed E-state index contributed by atoms with van der Waals surface area (Å²) in [6.07, 6.45) is 3.48. The number of rotatable bonds is 4. The first kappa shape index (κ1) is 15.3. The van der Waals surface area contributed by atoms with Gasteiger partial charge in [-0.05, 0) is 0 Å². The smallest absolute Gasteiger partial charge is 0.139 e. The minimum absolute atomic E-state index is 0.375. The van der Waals surface area contributed by atoms with E-state index in [-0.39, 0.29) is 0 Å². The van der Waals surface area contributed by atoms with Crippen LogP contribution in [0.1, 0.15) is 17.2 Å². The molecule has 1 aliphatic rings. The molecule has 1 aliphatic heterocycles. The van der Waals surface area contributed by atoms with Gasteiger partial charge < -0.3 is 9.80 Å². The van der Waals surface area contributed by atoms with Crippen LogP contribution in [0.15, 0.2) is 72.9 Å². The van der Waals surface area contributed by atoms with Gasteiger partial charge in [0.2, 0.25) is 0 Å². The van der Waals surface area contributed by atoms with Crippen molar-refractivity contribution in [2.45, 2.75) is 6.04 Å². The van der Waals surface area contributed by atoms with Crippen molar-refractivity contribution in [2.24, 2.45) is 0 Å². The Hall–Kier alpha value is -2.57.